The van der Waals surface area contributed by atoms with Crippen LogP contribution in [-0.2, 0) is 9.59 Å². The van der Waals surface area contributed by atoms with Crippen molar-refractivity contribution in [2.24, 2.45) is 0 Å². The van der Waals surface area contributed by atoms with Crippen LogP contribution in [0.2, 0.25) is 0 Å². The van der Waals surface area contributed by atoms with Crippen molar-refractivity contribution < 1.29 is 14.0 Å². The summed E-state index contributed by atoms with van der Waals surface area (Å²) in [6, 6.07) is 11.8. The number of para-hydroxylation sites is 1. The number of halogens is 1. The first-order valence-electron chi connectivity index (χ1n) is 7.77. The molecule has 0 aliphatic carbocycles. The Bertz CT molecular complexity index is 739. The van der Waals surface area contributed by atoms with E-state index in [-0.39, 0.29) is 30.5 Å². The van der Waals surface area contributed by atoms with Gasteiger partial charge in [-0.2, -0.15) is 0 Å². The summed E-state index contributed by atoms with van der Waals surface area (Å²) in [4.78, 5) is 25.2. The quantitative estimate of drug-likeness (QED) is 0.907. The number of carbonyl (C=O) groups is 2. The van der Waals surface area contributed by atoms with Gasteiger partial charge in [0.2, 0.25) is 11.8 Å². The average molecular weight is 328 g/mol. The van der Waals surface area contributed by atoms with E-state index in [1.807, 2.05) is 32.0 Å². The van der Waals surface area contributed by atoms with Gasteiger partial charge in [0, 0.05) is 25.6 Å². The number of hydrogen-bond donors (Lipinski definition) is 1. The van der Waals surface area contributed by atoms with Gasteiger partial charge >= 0.3 is 0 Å². The molecule has 0 bridgehead atoms. The molecule has 1 N–H and O–H groups in total. The van der Waals surface area contributed by atoms with Gasteiger partial charge < -0.3 is 10.2 Å². The second-order valence-electron chi connectivity index (χ2n) is 5.80. The van der Waals surface area contributed by atoms with Crippen LogP contribution in [0.3, 0.4) is 0 Å². The number of carbonyl (C=O) groups excluding carboxylic acids is 2. The number of aryl methyl sites for hydroxylation is 2. The summed E-state index contributed by atoms with van der Waals surface area (Å²) in [6.45, 7) is 5.39. The molecule has 5 heteroatoms. The minimum atomic E-state index is -0.484. The largest absolute Gasteiger partial charge is 0.326 e. The lowest BCUT2D eigenvalue weighted by molar-refractivity contribution is -0.117. The van der Waals surface area contributed by atoms with E-state index in [9.17, 15) is 14.0 Å². The third-order valence-corrected chi connectivity index (χ3v) is 3.59. The van der Waals surface area contributed by atoms with Crippen molar-refractivity contribution in [3.63, 3.8) is 0 Å². The Balaban J connectivity index is 2.03. The van der Waals surface area contributed by atoms with E-state index >= 15 is 0 Å². The fourth-order valence-corrected chi connectivity index (χ4v) is 2.60. The molecule has 2 rings (SSSR count). The van der Waals surface area contributed by atoms with Crippen molar-refractivity contribution in [2.75, 3.05) is 16.8 Å². The summed E-state index contributed by atoms with van der Waals surface area (Å²) in [7, 11) is 0. The van der Waals surface area contributed by atoms with Gasteiger partial charge in [-0.25, -0.2) is 4.39 Å². The number of hydrogen-bond acceptors (Lipinski definition) is 2. The molecule has 4 nitrogen and oxygen atoms in total. The molecule has 0 spiro atoms. The number of nitrogens with zero attached hydrogens (tertiary/aromatic N) is 1. The zero-order chi connectivity index (χ0) is 17.7. The fraction of sp³-hybridized carbons (Fsp3) is 0.263. The first kappa shape index (κ1) is 17.7. The van der Waals surface area contributed by atoms with Gasteiger partial charge in [0.05, 0.1) is 5.69 Å². The van der Waals surface area contributed by atoms with Gasteiger partial charge in [-0.15, -0.1) is 0 Å². The summed E-state index contributed by atoms with van der Waals surface area (Å²) >= 11 is 0. The predicted octanol–water partition coefficient (Wildman–Crippen LogP) is 3.82. The lowest BCUT2D eigenvalue weighted by Gasteiger charge is -2.21. The van der Waals surface area contributed by atoms with E-state index in [0.29, 0.717) is 0 Å². The summed E-state index contributed by atoms with van der Waals surface area (Å²) in [5.41, 5.74) is 3.02. The van der Waals surface area contributed by atoms with Gasteiger partial charge in [0.15, 0.2) is 0 Å². The lowest BCUT2D eigenvalue weighted by Crippen LogP contribution is -2.32. The standard InChI is InChI=1S/C19H21FN2O2/c1-13-10-14(2)12-16(11-13)21-19(24)8-9-22(15(3)23)18-7-5-4-6-17(18)20/h4-7,10-12H,8-9H2,1-3H3,(H,21,24). The van der Waals surface area contributed by atoms with Crippen molar-refractivity contribution in [3.05, 3.63) is 59.4 Å². The predicted molar refractivity (Wildman–Crippen MR) is 93.6 cm³/mol. The summed E-state index contributed by atoms with van der Waals surface area (Å²) in [5, 5.41) is 2.81. The first-order valence-corrected chi connectivity index (χ1v) is 7.77. The molecule has 2 aromatic rings. The molecule has 0 saturated heterocycles. The van der Waals surface area contributed by atoms with Gasteiger partial charge in [-0.05, 0) is 49.2 Å². The van der Waals surface area contributed by atoms with E-state index in [1.54, 1.807) is 12.1 Å². The molecular formula is C19H21FN2O2. The number of nitrogens with one attached hydrogen (secondary N) is 1. The maximum absolute atomic E-state index is 13.9. The van der Waals surface area contributed by atoms with Crippen LogP contribution in [0.5, 0.6) is 0 Å². The molecule has 0 unspecified atom stereocenters. The maximum atomic E-state index is 13.9. The molecule has 24 heavy (non-hydrogen) atoms. The Morgan fingerprint density at radius 1 is 1.08 bits per heavy atom. The molecule has 126 valence electrons. The molecule has 0 aliphatic heterocycles. The van der Waals surface area contributed by atoms with Crippen molar-refractivity contribution >= 4 is 23.2 Å². The van der Waals surface area contributed by atoms with Crippen LogP contribution in [-0.4, -0.2) is 18.4 Å². The Morgan fingerprint density at radius 3 is 2.29 bits per heavy atom. The van der Waals surface area contributed by atoms with E-state index in [0.717, 1.165) is 16.8 Å². The summed E-state index contributed by atoms with van der Waals surface area (Å²) < 4.78 is 13.9. The third kappa shape index (κ3) is 4.65. The highest BCUT2D eigenvalue weighted by molar-refractivity contribution is 5.94. The van der Waals surface area contributed by atoms with Crippen LogP contribution < -0.4 is 10.2 Å². The van der Waals surface area contributed by atoms with E-state index < -0.39 is 5.82 Å². The van der Waals surface area contributed by atoms with Crippen molar-refractivity contribution in [1.82, 2.24) is 0 Å². The SMILES string of the molecule is CC(=O)N(CCC(=O)Nc1cc(C)cc(C)c1)c1ccccc1F. The molecule has 0 aromatic heterocycles. The highest BCUT2D eigenvalue weighted by atomic mass is 19.1. The second kappa shape index (κ2) is 7.73. The molecule has 0 heterocycles. The van der Waals surface area contributed by atoms with Crippen LogP contribution in [0.4, 0.5) is 15.8 Å². The summed E-state index contributed by atoms with van der Waals surface area (Å²) in [5.74, 6) is -1.01. The van der Waals surface area contributed by atoms with Crippen LogP contribution in [0, 0.1) is 19.7 Å². The Kier molecular flexibility index (Phi) is 5.68. The molecule has 0 saturated carbocycles. The molecule has 0 radical (unpaired) electrons. The Morgan fingerprint density at radius 2 is 1.71 bits per heavy atom. The van der Waals surface area contributed by atoms with Crippen LogP contribution in [0.25, 0.3) is 0 Å². The molecule has 0 aliphatic rings. The number of anilines is 2. The third-order valence-electron chi connectivity index (χ3n) is 3.59. The van der Waals surface area contributed by atoms with Gasteiger partial charge in [0.25, 0.3) is 0 Å². The van der Waals surface area contributed by atoms with Crippen molar-refractivity contribution in [1.29, 1.82) is 0 Å². The van der Waals surface area contributed by atoms with Crippen LogP contribution >= 0.6 is 0 Å². The van der Waals surface area contributed by atoms with E-state index in [4.69, 9.17) is 0 Å². The molecule has 0 atom stereocenters. The topological polar surface area (TPSA) is 49.4 Å². The smallest absolute Gasteiger partial charge is 0.226 e. The maximum Gasteiger partial charge on any atom is 0.226 e. The minimum absolute atomic E-state index is 0.0842. The minimum Gasteiger partial charge on any atom is -0.326 e. The zero-order valence-corrected chi connectivity index (χ0v) is 14.1. The first-order chi connectivity index (χ1) is 11.4. The highest BCUT2D eigenvalue weighted by Gasteiger charge is 2.16. The van der Waals surface area contributed by atoms with Gasteiger partial charge in [-0.1, -0.05) is 18.2 Å². The molecular weight excluding hydrogens is 307 g/mol. The fourth-order valence-electron chi connectivity index (χ4n) is 2.60. The van der Waals surface area contributed by atoms with Gasteiger partial charge in [-0.3, -0.25) is 9.59 Å². The lowest BCUT2D eigenvalue weighted by atomic mass is 10.1. The van der Waals surface area contributed by atoms with E-state index in [1.165, 1.54) is 24.0 Å². The van der Waals surface area contributed by atoms with Crippen molar-refractivity contribution in [3.8, 4) is 0 Å². The number of rotatable bonds is 5. The zero-order valence-electron chi connectivity index (χ0n) is 14.1. The van der Waals surface area contributed by atoms with Crippen molar-refractivity contribution in [2.45, 2.75) is 27.2 Å². The second-order valence-corrected chi connectivity index (χ2v) is 5.80. The van der Waals surface area contributed by atoms with Crippen LogP contribution in [0.15, 0.2) is 42.5 Å². The Labute approximate surface area is 141 Å². The number of amides is 2. The normalized spacial score (nSPS) is 10.3. The molecule has 0 fully saturated rings. The average Bonchev–Trinajstić information content (AvgIpc) is 2.47. The Hall–Kier alpha value is -2.69. The highest BCUT2D eigenvalue weighted by Crippen LogP contribution is 2.19. The summed E-state index contributed by atoms with van der Waals surface area (Å²) in [6.07, 6.45) is 0.0842. The van der Waals surface area contributed by atoms with Gasteiger partial charge in [0.1, 0.15) is 5.82 Å². The molecule has 2 amide bonds. The number of benzene rings is 2. The van der Waals surface area contributed by atoms with Crippen LogP contribution in [0.1, 0.15) is 24.5 Å². The molecule has 2 aromatic carbocycles. The monoisotopic (exact) mass is 328 g/mol. The van der Waals surface area contributed by atoms with E-state index in [2.05, 4.69) is 5.32 Å².